The SMILES string of the molecule is CC1(C)OB(c2cc3c(N4CC=C(c5ncc([C@@](C)(N)c6ccc(F)cc6)cn5)CC4)ncnn3c2)OC1(C)C. The number of hydrogen-bond donors (Lipinski definition) is 1. The summed E-state index contributed by atoms with van der Waals surface area (Å²) >= 11 is 0. The molecule has 1 aromatic carbocycles. The molecular formula is C29H33BFN7O2. The molecule has 0 spiro atoms. The summed E-state index contributed by atoms with van der Waals surface area (Å²) in [5.74, 6) is 1.23. The molecule has 2 aliphatic rings. The first-order valence-corrected chi connectivity index (χ1v) is 13.5. The Bertz CT molecular complexity index is 1570. The van der Waals surface area contributed by atoms with E-state index >= 15 is 0 Å². The molecule has 11 heteroatoms. The van der Waals surface area contributed by atoms with Crippen LogP contribution < -0.4 is 16.1 Å². The van der Waals surface area contributed by atoms with Crippen LogP contribution in [0.15, 0.2) is 61.3 Å². The van der Waals surface area contributed by atoms with Crippen molar-refractivity contribution in [3.63, 3.8) is 0 Å². The lowest BCUT2D eigenvalue weighted by Crippen LogP contribution is -2.41. The first-order chi connectivity index (χ1) is 18.9. The highest BCUT2D eigenvalue weighted by Gasteiger charge is 2.52. The van der Waals surface area contributed by atoms with E-state index < -0.39 is 23.9 Å². The van der Waals surface area contributed by atoms with E-state index in [0.29, 0.717) is 12.4 Å². The Kier molecular flexibility index (Phi) is 6.28. The number of halogens is 1. The van der Waals surface area contributed by atoms with Crippen molar-refractivity contribution >= 4 is 29.5 Å². The summed E-state index contributed by atoms with van der Waals surface area (Å²) in [5, 5.41) is 4.42. The van der Waals surface area contributed by atoms with E-state index in [1.54, 1.807) is 30.9 Å². The molecule has 4 aromatic rings. The highest BCUT2D eigenvalue weighted by Crippen LogP contribution is 2.37. The highest BCUT2D eigenvalue weighted by molar-refractivity contribution is 6.62. The quantitative estimate of drug-likeness (QED) is 0.383. The molecule has 0 bridgehead atoms. The molecule has 0 saturated carbocycles. The molecule has 5 heterocycles. The molecule has 0 aliphatic carbocycles. The smallest absolute Gasteiger partial charge is 0.399 e. The van der Waals surface area contributed by atoms with Crippen LogP contribution >= 0.6 is 0 Å². The minimum Gasteiger partial charge on any atom is -0.399 e. The Morgan fingerprint density at radius 3 is 2.30 bits per heavy atom. The van der Waals surface area contributed by atoms with Crippen LogP contribution in [0.2, 0.25) is 0 Å². The standard InChI is InChI=1S/C29H33BFN7O2/c1-27(2)28(3,4)40-30(39-27)22-14-24-26(35-18-36-38(24)17-22)37-12-10-19(11-13-37)25-33-15-21(16-34-25)29(5,32)20-6-8-23(31)9-7-20/h6-10,14-18H,11-13,32H2,1-5H3/t29-/m0/s1. The van der Waals surface area contributed by atoms with Gasteiger partial charge in [-0.3, -0.25) is 0 Å². The average molecular weight is 541 g/mol. The molecule has 2 aliphatic heterocycles. The first kappa shape index (κ1) is 26.6. The predicted octanol–water partition coefficient (Wildman–Crippen LogP) is 3.47. The monoisotopic (exact) mass is 541 g/mol. The second kappa shape index (κ2) is 9.47. The molecule has 0 amide bonds. The lowest BCUT2D eigenvalue weighted by atomic mass is 9.81. The number of nitrogens with zero attached hydrogens (tertiary/aromatic N) is 6. The van der Waals surface area contributed by atoms with Gasteiger partial charge in [0, 0.05) is 42.7 Å². The summed E-state index contributed by atoms with van der Waals surface area (Å²) in [6.07, 6.45) is 9.92. The van der Waals surface area contributed by atoms with Crippen molar-refractivity contribution in [1.29, 1.82) is 0 Å². The van der Waals surface area contributed by atoms with Gasteiger partial charge in [-0.15, -0.1) is 0 Å². The lowest BCUT2D eigenvalue weighted by molar-refractivity contribution is 0.00578. The van der Waals surface area contributed by atoms with E-state index in [9.17, 15) is 4.39 Å². The Morgan fingerprint density at radius 2 is 1.68 bits per heavy atom. The van der Waals surface area contributed by atoms with Gasteiger partial charge in [-0.2, -0.15) is 5.10 Å². The van der Waals surface area contributed by atoms with E-state index in [1.165, 1.54) is 12.1 Å². The molecule has 6 rings (SSSR count). The van der Waals surface area contributed by atoms with Gasteiger partial charge in [0.05, 0.1) is 16.7 Å². The van der Waals surface area contributed by atoms with Crippen molar-refractivity contribution in [2.45, 2.75) is 57.8 Å². The van der Waals surface area contributed by atoms with E-state index in [-0.39, 0.29) is 5.82 Å². The molecule has 1 atom stereocenters. The Balaban J connectivity index is 1.19. The van der Waals surface area contributed by atoms with Crippen LogP contribution in [0.5, 0.6) is 0 Å². The Hall–Kier alpha value is -3.67. The van der Waals surface area contributed by atoms with Gasteiger partial charge >= 0.3 is 7.12 Å². The zero-order chi connectivity index (χ0) is 28.3. The zero-order valence-electron chi connectivity index (χ0n) is 23.4. The molecule has 3 aromatic heterocycles. The number of fused-ring (bicyclic) bond motifs is 1. The van der Waals surface area contributed by atoms with E-state index in [2.05, 4.69) is 31.0 Å². The fourth-order valence-electron chi connectivity index (χ4n) is 5.08. The fraction of sp³-hybridized carbons (Fsp3) is 0.379. The summed E-state index contributed by atoms with van der Waals surface area (Å²) < 4.78 is 27.7. The number of hydrogen-bond acceptors (Lipinski definition) is 8. The molecule has 0 radical (unpaired) electrons. The Labute approximate surface area is 233 Å². The maximum atomic E-state index is 13.4. The molecule has 206 valence electrons. The van der Waals surface area contributed by atoms with E-state index in [1.807, 2.05) is 51.4 Å². The van der Waals surface area contributed by atoms with Crippen molar-refractivity contribution in [3.8, 4) is 0 Å². The number of nitrogens with two attached hydrogens (primary N) is 1. The summed E-state index contributed by atoms with van der Waals surface area (Å²) in [6.45, 7) is 11.5. The first-order valence-electron chi connectivity index (χ1n) is 13.5. The molecule has 0 unspecified atom stereocenters. The van der Waals surface area contributed by atoms with Crippen molar-refractivity contribution in [2.75, 3.05) is 18.0 Å². The van der Waals surface area contributed by atoms with Crippen molar-refractivity contribution in [2.24, 2.45) is 5.73 Å². The summed E-state index contributed by atoms with van der Waals surface area (Å²) in [6, 6.07) is 8.24. The molecule has 9 nitrogen and oxygen atoms in total. The number of aromatic nitrogens is 5. The van der Waals surface area contributed by atoms with Crippen LogP contribution in [0, 0.1) is 5.82 Å². The highest BCUT2D eigenvalue weighted by atomic mass is 19.1. The fourth-order valence-corrected chi connectivity index (χ4v) is 5.08. The molecule has 1 fully saturated rings. The van der Waals surface area contributed by atoms with Crippen LogP contribution in [-0.4, -0.2) is 56.0 Å². The number of anilines is 1. The maximum absolute atomic E-state index is 13.4. The van der Waals surface area contributed by atoms with Crippen molar-refractivity contribution in [3.05, 3.63) is 84.1 Å². The third-order valence-electron chi connectivity index (χ3n) is 8.42. The zero-order valence-corrected chi connectivity index (χ0v) is 23.4. The summed E-state index contributed by atoms with van der Waals surface area (Å²) in [7, 11) is -0.467. The Morgan fingerprint density at radius 1 is 1.00 bits per heavy atom. The van der Waals surface area contributed by atoms with Crippen molar-refractivity contribution in [1.82, 2.24) is 24.6 Å². The van der Waals surface area contributed by atoms with Gasteiger partial charge in [-0.1, -0.05) is 18.2 Å². The molecule has 40 heavy (non-hydrogen) atoms. The van der Waals surface area contributed by atoms with Crippen LogP contribution in [-0.2, 0) is 14.8 Å². The van der Waals surface area contributed by atoms with Gasteiger partial charge in [0.25, 0.3) is 0 Å². The minimum absolute atomic E-state index is 0.297. The van der Waals surface area contributed by atoms with E-state index in [4.69, 9.17) is 15.0 Å². The minimum atomic E-state index is -0.835. The molecular weight excluding hydrogens is 508 g/mol. The maximum Gasteiger partial charge on any atom is 0.496 e. The second-order valence-corrected chi connectivity index (χ2v) is 11.7. The summed E-state index contributed by atoms with van der Waals surface area (Å²) in [5.41, 5.74) is 9.34. The predicted molar refractivity (Wildman–Crippen MR) is 153 cm³/mol. The number of benzene rings is 1. The van der Waals surface area contributed by atoms with Gasteiger partial charge in [0.2, 0.25) is 0 Å². The van der Waals surface area contributed by atoms with Crippen LogP contribution in [0.4, 0.5) is 10.2 Å². The third-order valence-corrected chi connectivity index (χ3v) is 8.42. The lowest BCUT2D eigenvalue weighted by Gasteiger charge is -2.32. The number of rotatable bonds is 5. The van der Waals surface area contributed by atoms with Crippen LogP contribution in [0.25, 0.3) is 11.1 Å². The summed E-state index contributed by atoms with van der Waals surface area (Å²) in [4.78, 5) is 16.1. The molecule has 1 saturated heterocycles. The van der Waals surface area contributed by atoms with Crippen LogP contribution in [0.3, 0.4) is 0 Å². The largest absolute Gasteiger partial charge is 0.496 e. The molecule has 2 N–H and O–H groups in total. The average Bonchev–Trinajstić information content (AvgIpc) is 3.46. The van der Waals surface area contributed by atoms with Crippen molar-refractivity contribution < 1.29 is 13.7 Å². The topological polar surface area (TPSA) is 104 Å². The third kappa shape index (κ3) is 4.57. The normalized spacial score (nSPS) is 20.0. The van der Waals surface area contributed by atoms with Crippen LogP contribution in [0.1, 0.15) is 58.0 Å². The van der Waals surface area contributed by atoms with Gasteiger partial charge in [-0.25, -0.2) is 23.9 Å². The van der Waals surface area contributed by atoms with Gasteiger partial charge < -0.3 is 19.9 Å². The second-order valence-electron chi connectivity index (χ2n) is 11.7. The van der Waals surface area contributed by atoms with Gasteiger partial charge in [0.15, 0.2) is 11.6 Å². The van der Waals surface area contributed by atoms with Gasteiger partial charge in [0.1, 0.15) is 17.7 Å². The van der Waals surface area contributed by atoms with Gasteiger partial charge in [-0.05, 0) is 70.4 Å². The van der Waals surface area contributed by atoms with E-state index in [0.717, 1.165) is 46.5 Å².